The predicted molar refractivity (Wildman–Crippen MR) is 71.0 cm³/mol. The lowest BCUT2D eigenvalue weighted by Gasteiger charge is -2.04. The van der Waals surface area contributed by atoms with Crippen molar-refractivity contribution in [2.75, 3.05) is 7.11 Å². The highest BCUT2D eigenvalue weighted by Gasteiger charge is 2.09. The first kappa shape index (κ1) is 12.1. The molecule has 0 saturated heterocycles. The Kier molecular flexibility index (Phi) is 3.49. The van der Waals surface area contributed by atoms with Crippen LogP contribution < -0.4 is 4.74 Å². The first-order valence-corrected chi connectivity index (χ1v) is 6.40. The molecule has 2 aromatic rings. The summed E-state index contributed by atoms with van der Waals surface area (Å²) in [6, 6.07) is 9.09. The molecule has 0 saturated carbocycles. The number of benzene rings is 1. The van der Waals surface area contributed by atoms with Crippen LogP contribution >= 0.6 is 27.3 Å². The Hall–Kier alpha value is -1.33. The largest absolute Gasteiger partial charge is 0.496 e. The van der Waals surface area contributed by atoms with Crippen molar-refractivity contribution in [3.63, 3.8) is 0 Å². The average molecular weight is 313 g/mol. The Morgan fingerprint density at radius 1 is 1.35 bits per heavy atom. The predicted octanol–water partition coefficient (Wildman–Crippen LogP) is 3.88. The minimum atomic E-state index is -0.898. The van der Waals surface area contributed by atoms with Crippen LogP contribution in [0, 0.1) is 0 Å². The topological polar surface area (TPSA) is 46.5 Å². The van der Waals surface area contributed by atoms with Crippen LogP contribution in [0.2, 0.25) is 0 Å². The van der Waals surface area contributed by atoms with Crippen LogP contribution in [0.1, 0.15) is 9.67 Å². The van der Waals surface area contributed by atoms with Crippen molar-refractivity contribution in [1.82, 2.24) is 0 Å². The van der Waals surface area contributed by atoms with Crippen molar-refractivity contribution in [2.24, 2.45) is 0 Å². The molecule has 1 N–H and O–H groups in total. The van der Waals surface area contributed by atoms with Gasteiger partial charge in [0.15, 0.2) is 0 Å². The van der Waals surface area contributed by atoms with E-state index in [2.05, 4.69) is 15.9 Å². The molecule has 1 aromatic carbocycles. The Morgan fingerprint density at radius 2 is 2.12 bits per heavy atom. The number of rotatable bonds is 3. The van der Waals surface area contributed by atoms with Gasteiger partial charge in [0.05, 0.1) is 11.6 Å². The fourth-order valence-corrected chi connectivity index (χ4v) is 2.67. The molecule has 2 rings (SSSR count). The number of carboxylic acids is 1. The van der Waals surface area contributed by atoms with Crippen LogP contribution in [0.4, 0.5) is 0 Å². The van der Waals surface area contributed by atoms with E-state index in [4.69, 9.17) is 9.84 Å². The second-order valence-electron chi connectivity index (χ2n) is 3.32. The Bertz CT molecular complexity index is 563. The number of ether oxygens (including phenoxy) is 1. The second kappa shape index (κ2) is 4.89. The highest BCUT2D eigenvalue weighted by Crippen LogP contribution is 2.34. The maximum Gasteiger partial charge on any atom is 0.345 e. The third-order valence-corrected chi connectivity index (χ3v) is 4.03. The lowest BCUT2D eigenvalue weighted by Crippen LogP contribution is -1.89. The van der Waals surface area contributed by atoms with Gasteiger partial charge in [-0.05, 0) is 45.8 Å². The van der Waals surface area contributed by atoms with Crippen LogP contribution in [0.5, 0.6) is 5.75 Å². The van der Waals surface area contributed by atoms with E-state index >= 15 is 0 Å². The monoisotopic (exact) mass is 312 g/mol. The molecule has 0 radical (unpaired) electrons. The summed E-state index contributed by atoms with van der Waals surface area (Å²) in [4.78, 5) is 12.0. The number of hydrogen-bond donors (Lipinski definition) is 1. The molecule has 0 aliphatic heterocycles. The first-order valence-electron chi connectivity index (χ1n) is 4.79. The maximum absolute atomic E-state index is 10.8. The van der Waals surface area contributed by atoms with Gasteiger partial charge < -0.3 is 9.84 Å². The van der Waals surface area contributed by atoms with E-state index in [1.807, 2.05) is 18.2 Å². The number of halogens is 1. The van der Waals surface area contributed by atoms with Gasteiger partial charge in [0, 0.05) is 4.88 Å². The number of carboxylic acid groups (broad SMARTS) is 1. The molecule has 3 nitrogen and oxygen atoms in total. The second-order valence-corrected chi connectivity index (χ2v) is 5.26. The number of hydrogen-bond acceptors (Lipinski definition) is 3. The minimum absolute atomic E-state index is 0.335. The summed E-state index contributed by atoms with van der Waals surface area (Å²) in [6.07, 6.45) is 0. The summed E-state index contributed by atoms with van der Waals surface area (Å²) in [5.74, 6) is -0.168. The van der Waals surface area contributed by atoms with Crippen molar-refractivity contribution in [3.8, 4) is 16.2 Å². The van der Waals surface area contributed by atoms with Gasteiger partial charge in [-0.3, -0.25) is 0 Å². The van der Waals surface area contributed by atoms with Gasteiger partial charge in [-0.1, -0.05) is 6.07 Å². The number of aromatic carboxylic acids is 1. The average Bonchev–Trinajstić information content (AvgIpc) is 2.79. The van der Waals surface area contributed by atoms with Gasteiger partial charge in [-0.15, -0.1) is 11.3 Å². The molecule has 0 amide bonds. The van der Waals surface area contributed by atoms with Gasteiger partial charge >= 0.3 is 5.97 Å². The summed E-state index contributed by atoms with van der Waals surface area (Å²) in [5, 5.41) is 8.87. The van der Waals surface area contributed by atoms with Gasteiger partial charge in [0.1, 0.15) is 10.6 Å². The molecule has 0 unspecified atom stereocenters. The summed E-state index contributed by atoms with van der Waals surface area (Å²) in [7, 11) is 1.60. The highest BCUT2D eigenvalue weighted by molar-refractivity contribution is 9.10. The van der Waals surface area contributed by atoms with E-state index in [9.17, 15) is 4.79 Å². The molecule has 0 aliphatic carbocycles. The molecule has 0 bridgehead atoms. The Balaban J connectivity index is 2.42. The Labute approximate surface area is 111 Å². The normalized spacial score (nSPS) is 10.2. The molecule has 0 spiro atoms. The molecule has 88 valence electrons. The molecular formula is C12H9BrO3S. The van der Waals surface area contributed by atoms with E-state index < -0.39 is 5.97 Å². The minimum Gasteiger partial charge on any atom is -0.496 e. The van der Waals surface area contributed by atoms with E-state index in [1.165, 1.54) is 11.3 Å². The van der Waals surface area contributed by atoms with Gasteiger partial charge in [0.2, 0.25) is 0 Å². The van der Waals surface area contributed by atoms with Crippen LogP contribution in [-0.4, -0.2) is 18.2 Å². The van der Waals surface area contributed by atoms with Crippen molar-refractivity contribution in [2.45, 2.75) is 0 Å². The molecule has 5 heteroatoms. The van der Waals surface area contributed by atoms with Crippen LogP contribution in [0.15, 0.2) is 34.8 Å². The fourth-order valence-electron chi connectivity index (χ4n) is 1.42. The van der Waals surface area contributed by atoms with E-state index in [1.54, 1.807) is 19.2 Å². The molecular weight excluding hydrogens is 304 g/mol. The van der Waals surface area contributed by atoms with Crippen molar-refractivity contribution >= 4 is 33.2 Å². The Morgan fingerprint density at radius 3 is 2.71 bits per heavy atom. The molecule has 1 aromatic heterocycles. The third kappa shape index (κ3) is 2.50. The smallest absolute Gasteiger partial charge is 0.345 e. The lowest BCUT2D eigenvalue weighted by atomic mass is 10.2. The molecule has 0 aliphatic rings. The fraction of sp³-hybridized carbons (Fsp3) is 0.0833. The quantitative estimate of drug-likeness (QED) is 0.935. The van der Waals surface area contributed by atoms with Gasteiger partial charge in [0.25, 0.3) is 0 Å². The molecule has 17 heavy (non-hydrogen) atoms. The third-order valence-electron chi connectivity index (χ3n) is 2.25. The summed E-state index contributed by atoms with van der Waals surface area (Å²) in [5.41, 5.74) is 0.947. The lowest BCUT2D eigenvalue weighted by molar-refractivity contribution is 0.0702. The van der Waals surface area contributed by atoms with E-state index in [0.717, 1.165) is 20.7 Å². The van der Waals surface area contributed by atoms with Gasteiger partial charge in [-0.25, -0.2) is 4.79 Å². The van der Waals surface area contributed by atoms with Crippen LogP contribution in [0.3, 0.4) is 0 Å². The summed E-state index contributed by atoms with van der Waals surface area (Å²) < 4.78 is 6.08. The zero-order valence-electron chi connectivity index (χ0n) is 8.94. The first-order chi connectivity index (χ1) is 8.11. The zero-order chi connectivity index (χ0) is 12.4. The number of thiophene rings is 1. The van der Waals surface area contributed by atoms with E-state index in [-0.39, 0.29) is 0 Å². The molecule has 0 atom stereocenters. The standard InChI is InChI=1S/C12H9BrO3S/c1-16-9-6-7(2-3-8(9)13)10-4-5-11(17-10)12(14)15/h2-6H,1H3,(H,14,15). The maximum atomic E-state index is 10.8. The van der Waals surface area contributed by atoms with Crippen molar-refractivity contribution < 1.29 is 14.6 Å². The SMILES string of the molecule is COc1cc(-c2ccc(C(=O)O)s2)ccc1Br. The summed E-state index contributed by atoms with van der Waals surface area (Å²) >= 11 is 4.62. The van der Waals surface area contributed by atoms with Crippen LogP contribution in [-0.2, 0) is 0 Å². The molecule has 0 fully saturated rings. The summed E-state index contributed by atoms with van der Waals surface area (Å²) in [6.45, 7) is 0. The van der Waals surface area contributed by atoms with Crippen molar-refractivity contribution in [1.29, 1.82) is 0 Å². The van der Waals surface area contributed by atoms with Crippen molar-refractivity contribution in [3.05, 3.63) is 39.7 Å². The molecule has 1 heterocycles. The van der Waals surface area contributed by atoms with Gasteiger partial charge in [-0.2, -0.15) is 0 Å². The number of carbonyl (C=O) groups is 1. The van der Waals surface area contributed by atoms with Crippen LogP contribution in [0.25, 0.3) is 10.4 Å². The highest BCUT2D eigenvalue weighted by atomic mass is 79.9. The van der Waals surface area contributed by atoms with E-state index in [0.29, 0.717) is 4.88 Å². The zero-order valence-corrected chi connectivity index (χ0v) is 11.3. The number of methoxy groups -OCH3 is 1.